The molecule has 118 valence electrons. The van der Waals surface area contributed by atoms with Crippen LogP contribution in [0.25, 0.3) is 0 Å². The summed E-state index contributed by atoms with van der Waals surface area (Å²) in [7, 11) is -3.40. The van der Waals surface area contributed by atoms with Crippen LogP contribution in [0.15, 0.2) is 0 Å². The van der Waals surface area contributed by atoms with Crippen molar-refractivity contribution in [2.24, 2.45) is 5.92 Å². The third kappa shape index (κ3) is 5.76. The van der Waals surface area contributed by atoms with E-state index in [-0.39, 0.29) is 17.9 Å². The molecule has 0 radical (unpaired) electrons. The van der Waals surface area contributed by atoms with Gasteiger partial charge in [-0.3, -0.25) is 4.79 Å². The number of nitrogens with zero attached hydrogens (tertiary/aromatic N) is 1. The van der Waals surface area contributed by atoms with E-state index < -0.39 is 16.1 Å². The molecule has 1 aliphatic heterocycles. The summed E-state index contributed by atoms with van der Waals surface area (Å²) in [6.07, 6.45) is 2.48. The summed E-state index contributed by atoms with van der Waals surface area (Å²) in [6, 6.07) is -0.680. The minimum absolute atomic E-state index is 0.0469. The van der Waals surface area contributed by atoms with Gasteiger partial charge in [-0.25, -0.2) is 13.1 Å². The summed E-state index contributed by atoms with van der Waals surface area (Å²) in [6.45, 7) is 7.53. The lowest BCUT2D eigenvalue weighted by atomic mass is 10.0. The Kier molecular flexibility index (Phi) is 6.42. The highest BCUT2D eigenvalue weighted by Gasteiger charge is 2.30. The van der Waals surface area contributed by atoms with E-state index in [1.165, 1.54) is 0 Å². The monoisotopic (exact) mass is 306 g/mol. The van der Waals surface area contributed by atoms with Gasteiger partial charge in [-0.1, -0.05) is 20.8 Å². The van der Waals surface area contributed by atoms with E-state index in [9.17, 15) is 13.2 Å². The van der Waals surface area contributed by atoms with Gasteiger partial charge < -0.3 is 9.64 Å². The van der Waals surface area contributed by atoms with Crippen LogP contribution in [-0.2, 0) is 19.6 Å². The fourth-order valence-electron chi connectivity index (χ4n) is 2.32. The van der Waals surface area contributed by atoms with Crippen LogP contribution in [0.1, 0.15) is 33.6 Å². The number of hydrogen-bond donors (Lipinski definition) is 1. The third-order valence-electron chi connectivity index (χ3n) is 3.27. The zero-order chi connectivity index (χ0) is 15.3. The first-order valence-electron chi connectivity index (χ1n) is 7.10. The smallest absolute Gasteiger partial charge is 0.240 e. The molecular formula is C13H26N2O4S. The second kappa shape index (κ2) is 7.38. The van der Waals surface area contributed by atoms with Gasteiger partial charge in [0, 0.05) is 13.1 Å². The normalized spacial score (nSPS) is 22.1. The number of sulfonamides is 1. The van der Waals surface area contributed by atoms with Gasteiger partial charge in [0.05, 0.1) is 19.0 Å². The second-order valence-electron chi connectivity index (χ2n) is 5.76. The van der Waals surface area contributed by atoms with Crippen LogP contribution in [0.4, 0.5) is 0 Å². The molecule has 0 aromatic carbocycles. The molecule has 1 rings (SSSR count). The van der Waals surface area contributed by atoms with E-state index in [0.717, 1.165) is 12.7 Å². The Morgan fingerprint density at radius 1 is 1.45 bits per heavy atom. The van der Waals surface area contributed by atoms with Gasteiger partial charge in [-0.2, -0.15) is 0 Å². The average molecular weight is 306 g/mol. The van der Waals surface area contributed by atoms with Crippen LogP contribution in [-0.4, -0.2) is 57.3 Å². The second-order valence-corrected chi connectivity index (χ2v) is 7.54. The van der Waals surface area contributed by atoms with Crippen molar-refractivity contribution in [3.8, 4) is 0 Å². The number of hydrogen-bond acceptors (Lipinski definition) is 4. The lowest BCUT2D eigenvalue weighted by Crippen LogP contribution is -2.53. The van der Waals surface area contributed by atoms with Crippen molar-refractivity contribution >= 4 is 15.9 Å². The van der Waals surface area contributed by atoms with Crippen LogP contribution in [0, 0.1) is 5.92 Å². The van der Waals surface area contributed by atoms with Gasteiger partial charge in [-0.05, 0) is 18.8 Å². The largest absolute Gasteiger partial charge is 0.375 e. The highest BCUT2D eigenvalue weighted by Crippen LogP contribution is 2.13. The van der Waals surface area contributed by atoms with Gasteiger partial charge in [0.2, 0.25) is 15.9 Å². The van der Waals surface area contributed by atoms with Crippen molar-refractivity contribution in [3.05, 3.63) is 0 Å². The molecule has 1 saturated heterocycles. The van der Waals surface area contributed by atoms with E-state index >= 15 is 0 Å². The Hall–Kier alpha value is -0.660. The number of nitrogens with one attached hydrogen (secondary N) is 1. The van der Waals surface area contributed by atoms with Crippen molar-refractivity contribution in [2.75, 3.05) is 26.0 Å². The fourth-order valence-corrected chi connectivity index (χ4v) is 3.03. The van der Waals surface area contributed by atoms with Crippen molar-refractivity contribution in [3.63, 3.8) is 0 Å². The Morgan fingerprint density at radius 3 is 2.60 bits per heavy atom. The molecule has 1 amide bonds. The van der Waals surface area contributed by atoms with Crippen molar-refractivity contribution in [2.45, 2.75) is 45.8 Å². The van der Waals surface area contributed by atoms with Gasteiger partial charge >= 0.3 is 0 Å². The standard InChI is InChI=1S/C13H26N2O4S/c1-5-11-9-15(6-7-19-11)13(16)12(8-10(2)3)14-20(4,17)18/h10-12,14H,5-9H2,1-4H3/t11-,12-/m1/s1. The van der Waals surface area contributed by atoms with Crippen LogP contribution in [0.2, 0.25) is 0 Å². The first-order chi connectivity index (χ1) is 9.23. The number of carbonyl (C=O) groups excluding carboxylic acids is 1. The Balaban J connectivity index is 2.76. The molecule has 0 saturated carbocycles. The van der Waals surface area contributed by atoms with E-state index in [4.69, 9.17) is 4.74 Å². The number of amides is 1. The molecule has 7 heteroatoms. The highest BCUT2D eigenvalue weighted by molar-refractivity contribution is 7.88. The Bertz CT molecular complexity index is 422. The lowest BCUT2D eigenvalue weighted by molar-refractivity contribution is -0.141. The van der Waals surface area contributed by atoms with Gasteiger partial charge in [-0.15, -0.1) is 0 Å². The molecule has 0 aromatic rings. The van der Waals surface area contributed by atoms with Crippen molar-refractivity contribution < 1.29 is 17.9 Å². The van der Waals surface area contributed by atoms with Gasteiger partial charge in [0.15, 0.2) is 0 Å². The fraction of sp³-hybridized carbons (Fsp3) is 0.923. The summed E-state index contributed by atoms with van der Waals surface area (Å²) >= 11 is 0. The minimum Gasteiger partial charge on any atom is -0.375 e. The van der Waals surface area contributed by atoms with Gasteiger partial charge in [0.1, 0.15) is 6.04 Å². The molecule has 0 bridgehead atoms. The number of morpholine rings is 1. The molecule has 1 heterocycles. The number of ether oxygens (including phenoxy) is 1. The van der Waals surface area contributed by atoms with Crippen LogP contribution < -0.4 is 4.72 Å². The molecule has 0 unspecified atom stereocenters. The number of rotatable bonds is 6. The SMILES string of the molecule is CC[C@@H]1CN(C(=O)[C@@H](CC(C)C)NS(C)(=O)=O)CCO1. The molecule has 0 aliphatic carbocycles. The van der Waals surface area contributed by atoms with E-state index in [1.54, 1.807) is 4.90 Å². The molecule has 1 aliphatic rings. The van der Waals surface area contributed by atoms with Gasteiger partial charge in [0.25, 0.3) is 0 Å². The molecule has 20 heavy (non-hydrogen) atoms. The van der Waals surface area contributed by atoms with Crippen LogP contribution in [0.3, 0.4) is 0 Å². The molecule has 6 nitrogen and oxygen atoms in total. The summed E-state index contributed by atoms with van der Waals surface area (Å²) < 4.78 is 30.8. The lowest BCUT2D eigenvalue weighted by Gasteiger charge is -2.35. The molecule has 0 aromatic heterocycles. The zero-order valence-electron chi connectivity index (χ0n) is 12.8. The summed E-state index contributed by atoms with van der Waals surface area (Å²) in [5.41, 5.74) is 0. The molecule has 1 N–H and O–H groups in total. The zero-order valence-corrected chi connectivity index (χ0v) is 13.6. The summed E-state index contributed by atoms with van der Waals surface area (Å²) in [5.74, 6) is 0.0899. The third-order valence-corrected chi connectivity index (χ3v) is 3.98. The first kappa shape index (κ1) is 17.4. The highest BCUT2D eigenvalue weighted by atomic mass is 32.2. The summed E-state index contributed by atoms with van der Waals surface area (Å²) in [4.78, 5) is 14.2. The summed E-state index contributed by atoms with van der Waals surface area (Å²) in [5, 5.41) is 0. The Labute approximate surface area is 121 Å². The quantitative estimate of drug-likeness (QED) is 0.779. The molecule has 0 spiro atoms. The van der Waals surface area contributed by atoms with Crippen LogP contribution in [0.5, 0.6) is 0 Å². The minimum atomic E-state index is -3.40. The molecule has 1 fully saturated rings. The molecular weight excluding hydrogens is 280 g/mol. The van der Waals surface area contributed by atoms with E-state index in [0.29, 0.717) is 26.1 Å². The maximum absolute atomic E-state index is 12.5. The van der Waals surface area contributed by atoms with E-state index in [2.05, 4.69) is 4.72 Å². The Morgan fingerprint density at radius 2 is 2.10 bits per heavy atom. The van der Waals surface area contributed by atoms with Crippen LogP contribution >= 0.6 is 0 Å². The number of carbonyl (C=O) groups is 1. The average Bonchev–Trinajstić information content (AvgIpc) is 2.35. The van der Waals surface area contributed by atoms with Crippen molar-refractivity contribution in [1.82, 2.24) is 9.62 Å². The maximum Gasteiger partial charge on any atom is 0.240 e. The van der Waals surface area contributed by atoms with Crippen molar-refractivity contribution in [1.29, 1.82) is 0 Å². The molecule has 2 atom stereocenters. The topological polar surface area (TPSA) is 75.7 Å². The van der Waals surface area contributed by atoms with E-state index in [1.807, 2.05) is 20.8 Å². The predicted molar refractivity (Wildman–Crippen MR) is 77.8 cm³/mol. The maximum atomic E-state index is 12.5. The first-order valence-corrected chi connectivity index (χ1v) is 8.99. The predicted octanol–water partition coefficient (Wildman–Crippen LogP) is 0.588.